The first-order valence-corrected chi connectivity index (χ1v) is 11.0. The van der Waals surface area contributed by atoms with E-state index in [9.17, 15) is 0 Å². The highest BCUT2D eigenvalue weighted by atomic mass is 16.5. The van der Waals surface area contributed by atoms with Gasteiger partial charge in [0.05, 0.1) is 6.10 Å². The molecule has 0 radical (unpaired) electrons. The molecule has 2 aliphatic rings. The van der Waals surface area contributed by atoms with Crippen molar-refractivity contribution in [2.45, 2.75) is 45.6 Å². The first-order chi connectivity index (χ1) is 13.7. The number of benzene rings is 1. The van der Waals surface area contributed by atoms with Gasteiger partial charge in [-0.1, -0.05) is 36.8 Å². The summed E-state index contributed by atoms with van der Waals surface area (Å²) in [6.07, 6.45) is 5.20. The largest absolute Gasteiger partial charge is 0.373 e. The molecule has 0 aliphatic carbocycles. The molecule has 5 heteroatoms. The van der Waals surface area contributed by atoms with E-state index in [-0.39, 0.29) is 6.10 Å². The molecule has 2 heterocycles. The van der Waals surface area contributed by atoms with Crippen LogP contribution in [0, 0.1) is 18.8 Å². The SMILES string of the molecule is CN=C(NCCN1CCCC(C)C1)NCC1CCCOC1c1ccc(C)cc1. The summed E-state index contributed by atoms with van der Waals surface area (Å²) >= 11 is 0. The second-order valence-electron chi connectivity index (χ2n) is 8.53. The van der Waals surface area contributed by atoms with E-state index < -0.39 is 0 Å². The second kappa shape index (κ2) is 10.8. The maximum Gasteiger partial charge on any atom is 0.191 e. The number of aliphatic imine (C=N–C) groups is 1. The normalized spacial score (nSPS) is 26.8. The van der Waals surface area contributed by atoms with E-state index in [1.165, 1.54) is 43.5 Å². The number of rotatable bonds is 6. The molecule has 0 amide bonds. The van der Waals surface area contributed by atoms with Gasteiger partial charge in [0.2, 0.25) is 0 Å². The Balaban J connectivity index is 1.45. The lowest BCUT2D eigenvalue weighted by atomic mass is 9.89. The zero-order valence-electron chi connectivity index (χ0n) is 17.9. The van der Waals surface area contributed by atoms with Gasteiger partial charge in [0.15, 0.2) is 5.96 Å². The van der Waals surface area contributed by atoms with E-state index in [2.05, 4.69) is 58.6 Å². The van der Waals surface area contributed by atoms with Crippen molar-refractivity contribution in [2.24, 2.45) is 16.8 Å². The van der Waals surface area contributed by atoms with Crippen LogP contribution in [0.2, 0.25) is 0 Å². The van der Waals surface area contributed by atoms with Gasteiger partial charge >= 0.3 is 0 Å². The minimum Gasteiger partial charge on any atom is -0.373 e. The summed E-state index contributed by atoms with van der Waals surface area (Å²) in [5.74, 6) is 2.20. The molecular weight excluding hydrogens is 348 g/mol. The zero-order chi connectivity index (χ0) is 19.8. The number of ether oxygens (including phenoxy) is 1. The van der Waals surface area contributed by atoms with Crippen LogP contribution in [-0.4, -0.2) is 57.2 Å². The van der Waals surface area contributed by atoms with Gasteiger partial charge in [0.25, 0.3) is 0 Å². The van der Waals surface area contributed by atoms with E-state index in [0.717, 1.165) is 44.5 Å². The van der Waals surface area contributed by atoms with Gasteiger partial charge in [0, 0.05) is 45.8 Å². The first kappa shape index (κ1) is 21.1. The summed E-state index contributed by atoms with van der Waals surface area (Å²) in [5, 5.41) is 7.03. The van der Waals surface area contributed by atoms with Gasteiger partial charge in [-0.25, -0.2) is 0 Å². The van der Waals surface area contributed by atoms with Crippen molar-refractivity contribution in [3.63, 3.8) is 0 Å². The van der Waals surface area contributed by atoms with Gasteiger partial charge in [-0.15, -0.1) is 0 Å². The van der Waals surface area contributed by atoms with Crippen molar-refractivity contribution in [1.29, 1.82) is 0 Å². The molecule has 156 valence electrons. The fraction of sp³-hybridized carbons (Fsp3) is 0.696. The van der Waals surface area contributed by atoms with Gasteiger partial charge < -0.3 is 20.3 Å². The summed E-state index contributed by atoms with van der Waals surface area (Å²) in [6.45, 7) is 10.7. The quantitative estimate of drug-likeness (QED) is 0.581. The Labute approximate surface area is 170 Å². The molecule has 28 heavy (non-hydrogen) atoms. The van der Waals surface area contributed by atoms with Crippen LogP contribution in [0.15, 0.2) is 29.3 Å². The Morgan fingerprint density at radius 3 is 2.75 bits per heavy atom. The number of nitrogens with zero attached hydrogens (tertiary/aromatic N) is 2. The first-order valence-electron chi connectivity index (χ1n) is 11.0. The molecule has 2 aliphatic heterocycles. The van der Waals surface area contributed by atoms with Crippen molar-refractivity contribution < 1.29 is 4.74 Å². The van der Waals surface area contributed by atoms with Gasteiger partial charge in [-0.3, -0.25) is 4.99 Å². The predicted octanol–water partition coefficient (Wildman–Crippen LogP) is 3.36. The van der Waals surface area contributed by atoms with E-state index >= 15 is 0 Å². The van der Waals surface area contributed by atoms with Crippen molar-refractivity contribution >= 4 is 5.96 Å². The average molecular weight is 387 g/mol. The van der Waals surface area contributed by atoms with Crippen LogP contribution in [0.3, 0.4) is 0 Å². The molecule has 0 spiro atoms. The number of piperidine rings is 1. The monoisotopic (exact) mass is 386 g/mol. The molecule has 3 rings (SSSR count). The zero-order valence-corrected chi connectivity index (χ0v) is 17.9. The molecular formula is C23H38N4O. The van der Waals surface area contributed by atoms with Crippen LogP contribution in [0.25, 0.3) is 0 Å². The van der Waals surface area contributed by atoms with Crippen LogP contribution < -0.4 is 10.6 Å². The molecule has 3 atom stereocenters. The van der Waals surface area contributed by atoms with Gasteiger partial charge in [0.1, 0.15) is 0 Å². The lowest BCUT2D eigenvalue weighted by Gasteiger charge is -2.33. The van der Waals surface area contributed by atoms with Crippen molar-refractivity contribution in [2.75, 3.05) is 46.4 Å². The van der Waals surface area contributed by atoms with Crippen molar-refractivity contribution in [1.82, 2.24) is 15.5 Å². The highest BCUT2D eigenvalue weighted by Crippen LogP contribution is 2.33. The predicted molar refractivity (Wildman–Crippen MR) is 117 cm³/mol. The Bertz CT molecular complexity index is 616. The van der Waals surface area contributed by atoms with Crippen LogP contribution in [0.4, 0.5) is 0 Å². The van der Waals surface area contributed by atoms with Crippen LogP contribution in [0.1, 0.15) is 49.8 Å². The summed E-state index contributed by atoms with van der Waals surface area (Å²) < 4.78 is 6.15. The third kappa shape index (κ3) is 6.21. The maximum atomic E-state index is 6.15. The fourth-order valence-corrected chi connectivity index (χ4v) is 4.45. The fourth-order valence-electron chi connectivity index (χ4n) is 4.45. The Kier molecular flexibility index (Phi) is 8.16. The number of guanidine groups is 1. The third-order valence-electron chi connectivity index (χ3n) is 6.07. The lowest BCUT2D eigenvalue weighted by Crippen LogP contribution is -2.45. The topological polar surface area (TPSA) is 48.9 Å². The molecule has 1 aromatic rings. The van der Waals surface area contributed by atoms with Crippen LogP contribution in [-0.2, 0) is 4.74 Å². The van der Waals surface area contributed by atoms with Crippen molar-refractivity contribution in [3.05, 3.63) is 35.4 Å². The number of nitrogens with one attached hydrogen (secondary N) is 2. The van der Waals surface area contributed by atoms with E-state index in [1.54, 1.807) is 0 Å². The Morgan fingerprint density at radius 1 is 1.18 bits per heavy atom. The van der Waals surface area contributed by atoms with E-state index in [1.807, 2.05) is 7.05 Å². The van der Waals surface area contributed by atoms with Crippen molar-refractivity contribution in [3.8, 4) is 0 Å². The molecule has 0 aromatic heterocycles. The van der Waals surface area contributed by atoms with E-state index in [0.29, 0.717) is 5.92 Å². The van der Waals surface area contributed by atoms with E-state index in [4.69, 9.17) is 4.74 Å². The smallest absolute Gasteiger partial charge is 0.191 e. The molecule has 0 saturated carbocycles. The number of likely N-dealkylation sites (tertiary alicyclic amines) is 1. The highest BCUT2D eigenvalue weighted by Gasteiger charge is 2.27. The third-order valence-corrected chi connectivity index (χ3v) is 6.07. The Hall–Kier alpha value is -1.59. The number of aryl methyl sites for hydroxylation is 1. The average Bonchev–Trinajstić information content (AvgIpc) is 2.71. The number of hydrogen-bond acceptors (Lipinski definition) is 3. The molecule has 3 unspecified atom stereocenters. The maximum absolute atomic E-state index is 6.15. The molecule has 1 aromatic carbocycles. The molecule has 5 nitrogen and oxygen atoms in total. The van der Waals surface area contributed by atoms with Crippen LogP contribution in [0.5, 0.6) is 0 Å². The molecule has 2 fully saturated rings. The molecule has 2 N–H and O–H groups in total. The summed E-state index contributed by atoms with van der Waals surface area (Å²) in [6, 6.07) is 8.79. The summed E-state index contributed by atoms with van der Waals surface area (Å²) in [4.78, 5) is 6.98. The Morgan fingerprint density at radius 2 is 2.00 bits per heavy atom. The van der Waals surface area contributed by atoms with Crippen LogP contribution >= 0.6 is 0 Å². The van der Waals surface area contributed by atoms with Gasteiger partial charge in [-0.05, 0) is 50.6 Å². The minimum absolute atomic E-state index is 0.176. The lowest BCUT2D eigenvalue weighted by molar-refractivity contribution is -0.0265. The summed E-state index contributed by atoms with van der Waals surface area (Å²) in [5.41, 5.74) is 2.58. The second-order valence-corrected chi connectivity index (χ2v) is 8.53. The number of hydrogen-bond donors (Lipinski definition) is 2. The molecule has 0 bridgehead atoms. The summed E-state index contributed by atoms with van der Waals surface area (Å²) in [7, 11) is 1.85. The highest BCUT2D eigenvalue weighted by molar-refractivity contribution is 5.79. The standard InChI is InChI=1S/C23H38N4O/c1-18-8-10-20(11-9-18)22-21(7-5-15-28-22)16-26-23(24-3)25-12-14-27-13-4-6-19(2)17-27/h8-11,19,21-22H,4-7,12-17H2,1-3H3,(H2,24,25,26). The van der Waals surface area contributed by atoms with Gasteiger partial charge in [-0.2, -0.15) is 0 Å². The molecule has 2 saturated heterocycles. The minimum atomic E-state index is 0.176.